The van der Waals surface area contributed by atoms with Crippen molar-refractivity contribution < 1.29 is 28.7 Å². The minimum absolute atomic E-state index is 0.395. The maximum Gasteiger partial charge on any atom is 0.334 e. The summed E-state index contributed by atoms with van der Waals surface area (Å²) in [5.41, 5.74) is 0.395. The van der Waals surface area contributed by atoms with E-state index in [-0.39, 0.29) is 0 Å². The molecule has 5 amide bonds. The molecule has 0 aliphatic carbocycles. The van der Waals surface area contributed by atoms with Gasteiger partial charge in [-0.1, -0.05) is 0 Å². The number of nitrogens with zero attached hydrogens (tertiary/aromatic N) is 2. The van der Waals surface area contributed by atoms with Crippen molar-refractivity contribution in [3.05, 3.63) is 18.2 Å². The average Bonchev–Trinajstić information content (AvgIpc) is 2.72. The second-order valence-corrected chi connectivity index (χ2v) is 4.66. The molecule has 1 N–H and O–H groups in total. The molecule has 1 aliphatic rings. The lowest BCUT2D eigenvalue weighted by atomic mass is 10.2. The van der Waals surface area contributed by atoms with Gasteiger partial charge in [0.1, 0.15) is 6.54 Å². The number of benzene rings is 1. The lowest BCUT2D eigenvalue weighted by Gasteiger charge is -2.14. The number of hydrogen-bond acceptors (Lipinski definition) is 6. The highest BCUT2D eigenvalue weighted by Gasteiger charge is 2.42. The van der Waals surface area contributed by atoms with Gasteiger partial charge in [-0.3, -0.25) is 19.3 Å². The summed E-state index contributed by atoms with van der Waals surface area (Å²) in [6.45, 7) is -0.553. The van der Waals surface area contributed by atoms with E-state index in [1.165, 1.54) is 27.3 Å². The standard InChI is InChI=1S/C14H15N3O6/c1-16-12(19)13(20)17(14(16)21)7-11(18)15-8-4-5-9(22-2)10(6-8)23-3/h4-6H,7H2,1-3H3,(H,15,18). The van der Waals surface area contributed by atoms with Gasteiger partial charge in [0.2, 0.25) is 5.91 Å². The predicted octanol–water partition coefficient (Wildman–Crippen LogP) is 0.0629. The molecule has 0 unspecified atom stereocenters. The van der Waals surface area contributed by atoms with Gasteiger partial charge in [-0.25, -0.2) is 9.69 Å². The number of anilines is 1. The van der Waals surface area contributed by atoms with Crippen LogP contribution >= 0.6 is 0 Å². The summed E-state index contributed by atoms with van der Waals surface area (Å²) < 4.78 is 10.2. The zero-order valence-corrected chi connectivity index (χ0v) is 12.8. The van der Waals surface area contributed by atoms with Crippen LogP contribution in [0.5, 0.6) is 11.5 Å². The molecule has 2 rings (SSSR count). The number of likely N-dealkylation sites (N-methyl/N-ethyl adjacent to an activating group) is 1. The maximum absolute atomic E-state index is 12.0. The van der Waals surface area contributed by atoms with E-state index < -0.39 is 30.3 Å². The number of nitrogens with one attached hydrogen (secondary N) is 1. The monoisotopic (exact) mass is 321 g/mol. The summed E-state index contributed by atoms with van der Waals surface area (Å²) in [6.07, 6.45) is 0. The van der Waals surface area contributed by atoms with Gasteiger partial charge in [-0.2, -0.15) is 0 Å². The highest BCUT2D eigenvalue weighted by Crippen LogP contribution is 2.29. The van der Waals surface area contributed by atoms with Crippen LogP contribution in [0, 0.1) is 0 Å². The fraction of sp³-hybridized carbons (Fsp3) is 0.286. The van der Waals surface area contributed by atoms with E-state index in [4.69, 9.17) is 9.47 Å². The molecule has 23 heavy (non-hydrogen) atoms. The molecule has 0 aromatic heterocycles. The van der Waals surface area contributed by atoms with Crippen molar-refractivity contribution in [3.8, 4) is 11.5 Å². The lowest BCUT2D eigenvalue weighted by molar-refractivity contribution is -0.143. The Morgan fingerprint density at radius 2 is 1.74 bits per heavy atom. The van der Waals surface area contributed by atoms with Gasteiger partial charge in [0.25, 0.3) is 0 Å². The van der Waals surface area contributed by atoms with Crippen LogP contribution in [0.1, 0.15) is 0 Å². The average molecular weight is 321 g/mol. The maximum atomic E-state index is 12.0. The van der Waals surface area contributed by atoms with E-state index in [2.05, 4.69) is 5.32 Å². The van der Waals surface area contributed by atoms with Crippen molar-refractivity contribution in [2.45, 2.75) is 0 Å². The Balaban J connectivity index is 2.07. The number of hydrogen-bond donors (Lipinski definition) is 1. The third kappa shape index (κ3) is 3.07. The molecule has 1 saturated heterocycles. The summed E-state index contributed by atoms with van der Waals surface area (Å²) in [5.74, 6) is -1.72. The third-order valence-corrected chi connectivity index (χ3v) is 3.22. The molecule has 0 bridgehead atoms. The van der Waals surface area contributed by atoms with Gasteiger partial charge in [-0.15, -0.1) is 0 Å². The fourth-order valence-electron chi connectivity index (χ4n) is 2.01. The lowest BCUT2D eigenvalue weighted by Crippen LogP contribution is -2.38. The van der Waals surface area contributed by atoms with Crippen molar-refractivity contribution in [1.82, 2.24) is 9.80 Å². The molecule has 1 aromatic rings. The summed E-state index contributed by atoms with van der Waals surface area (Å²) >= 11 is 0. The Kier molecular flexibility index (Phi) is 4.49. The van der Waals surface area contributed by atoms with Gasteiger partial charge in [0.15, 0.2) is 11.5 Å². The van der Waals surface area contributed by atoms with Crippen molar-refractivity contribution in [1.29, 1.82) is 0 Å². The Bertz CT molecular complexity index is 687. The second-order valence-electron chi connectivity index (χ2n) is 4.66. The molecule has 0 radical (unpaired) electrons. The van der Waals surface area contributed by atoms with E-state index in [9.17, 15) is 19.2 Å². The first-order valence-electron chi connectivity index (χ1n) is 6.54. The third-order valence-electron chi connectivity index (χ3n) is 3.22. The van der Waals surface area contributed by atoms with Crippen LogP contribution in [0.25, 0.3) is 0 Å². The van der Waals surface area contributed by atoms with Crippen LogP contribution in [0.15, 0.2) is 18.2 Å². The van der Waals surface area contributed by atoms with E-state index in [0.717, 1.165) is 0 Å². The van der Waals surface area contributed by atoms with Crippen LogP contribution in [-0.4, -0.2) is 61.4 Å². The number of ether oxygens (including phenoxy) is 2. The zero-order valence-electron chi connectivity index (χ0n) is 12.8. The highest BCUT2D eigenvalue weighted by atomic mass is 16.5. The Morgan fingerprint density at radius 3 is 2.26 bits per heavy atom. The molecule has 9 heteroatoms. The normalized spacial score (nSPS) is 14.3. The van der Waals surface area contributed by atoms with Gasteiger partial charge >= 0.3 is 17.8 Å². The largest absolute Gasteiger partial charge is 0.493 e. The van der Waals surface area contributed by atoms with Gasteiger partial charge in [0.05, 0.1) is 14.2 Å². The topological polar surface area (TPSA) is 105 Å². The first-order chi connectivity index (χ1) is 10.9. The van der Waals surface area contributed by atoms with Gasteiger partial charge < -0.3 is 14.8 Å². The smallest absolute Gasteiger partial charge is 0.334 e. The first-order valence-corrected chi connectivity index (χ1v) is 6.54. The van der Waals surface area contributed by atoms with Gasteiger partial charge in [0, 0.05) is 18.8 Å². The molecular weight excluding hydrogens is 306 g/mol. The molecule has 1 heterocycles. The first kappa shape index (κ1) is 16.3. The van der Waals surface area contributed by atoms with Crippen molar-refractivity contribution in [2.24, 2.45) is 0 Å². The highest BCUT2D eigenvalue weighted by molar-refractivity contribution is 6.44. The quantitative estimate of drug-likeness (QED) is 0.607. The summed E-state index contributed by atoms with van der Waals surface area (Å²) in [5, 5.41) is 2.52. The minimum atomic E-state index is -1.03. The number of imide groups is 2. The van der Waals surface area contributed by atoms with E-state index in [1.807, 2.05) is 0 Å². The van der Waals surface area contributed by atoms with Crippen LogP contribution in [0.2, 0.25) is 0 Å². The predicted molar refractivity (Wildman–Crippen MR) is 78.1 cm³/mol. The molecule has 122 valence electrons. The number of carbonyl (C=O) groups excluding carboxylic acids is 4. The fourth-order valence-corrected chi connectivity index (χ4v) is 2.01. The summed E-state index contributed by atoms with van der Waals surface area (Å²) in [7, 11) is 4.11. The molecule has 9 nitrogen and oxygen atoms in total. The summed E-state index contributed by atoms with van der Waals surface area (Å²) in [6, 6.07) is 3.87. The van der Waals surface area contributed by atoms with Crippen LogP contribution in [0.3, 0.4) is 0 Å². The summed E-state index contributed by atoms with van der Waals surface area (Å²) in [4.78, 5) is 47.9. The number of carbonyl (C=O) groups is 4. The Hall–Kier alpha value is -3.10. The van der Waals surface area contributed by atoms with E-state index >= 15 is 0 Å². The van der Waals surface area contributed by atoms with Crippen LogP contribution < -0.4 is 14.8 Å². The van der Waals surface area contributed by atoms with Crippen LogP contribution in [0.4, 0.5) is 10.5 Å². The minimum Gasteiger partial charge on any atom is -0.493 e. The molecule has 0 atom stereocenters. The molecule has 1 aliphatic heterocycles. The van der Waals surface area contributed by atoms with Crippen molar-refractivity contribution >= 4 is 29.4 Å². The number of urea groups is 1. The number of amides is 5. The molecule has 0 spiro atoms. The molecule has 0 saturated carbocycles. The Morgan fingerprint density at radius 1 is 1.09 bits per heavy atom. The SMILES string of the molecule is COc1ccc(NC(=O)CN2C(=O)C(=O)N(C)C2=O)cc1OC. The van der Waals surface area contributed by atoms with Gasteiger partial charge in [-0.05, 0) is 12.1 Å². The zero-order chi connectivity index (χ0) is 17.1. The Labute approximate surface area is 131 Å². The van der Waals surface area contributed by atoms with Crippen LogP contribution in [-0.2, 0) is 14.4 Å². The van der Waals surface area contributed by atoms with Crippen molar-refractivity contribution in [2.75, 3.05) is 33.1 Å². The van der Waals surface area contributed by atoms with Crippen molar-refractivity contribution in [3.63, 3.8) is 0 Å². The second kappa shape index (κ2) is 6.34. The molecule has 1 fully saturated rings. The molecule has 1 aromatic carbocycles. The van der Waals surface area contributed by atoms with E-state index in [0.29, 0.717) is 27.0 Å². The van der Waals surface area contributed by atoms with E-state index in [1.54, 1.807) is 12.1 Å². The molecular formula is C14H15N3O6. The number of rotatable bonds is 5. The number of methoxy groups -OCH3 is 2.